The zero-order valence-corrected chi connectivity index (χ0v) is 10.8. The van der Waals surface area contributed by atoms with Gasteiger partial charge in [0.15, 0.2) is 11.6 Å². The number of nitrogens with zero attached hydrogens (tertiary/aromatic N) is 2. The van der Waals surface area contributed by atoms with E-state index in [4.69, 9.17) is 10.3 Å². The Hall–Kier alpha value is -2.69. The Morgan fingerprint density at radius 3 is 2.85 bits per heavy atom. The van der Waals surface area contributed by atoms with Crippen molar-refractivity contribution in [2.75, 3.05) is 5.73 Å². The minimum Gasteiger partial charge on any atom is -0.380 e. The molecule has 0 aliphatic carbocycles. The zero-order valence-electron chi connectivity index (χ0n) is 10.8. The van der Waals surface area contributed by atoms with Crippen molar-refractivity contribution in [1.29, 1.82) is 0 Å². The van der Waals surface area contributed by atoms with Gasteiger partial charge >= 0.3 is 0 Å². The molecule has 20 heavy (non-hydrogen) atoms. The summed E-state index contributed by atoms with van der Waals surface area (Å²) in [5, 5.41) is 3.79. The normalized spacial score (nSPS) is 10.7. The van der Waals surface area contributed by atoms with E-state index in [2.05, 4.69) is 10.1 Å². The second kappa shape index (κ2) is 4.77. The van der Waals surface area contributed by atoms with Crippen molar-refractivity contribution in [3.05, 3.63) is 54.1 Å². The topological polar surface area (TPSA) is 64.9 Å². The maximum Gasteiger partial charge on any atom is 0.177 e. The molecule has 0 aliphatic heterocycles. The molecule has 0 unspecified atom stereocenters. The van der Waals surface area contributed by atoms with Crippen molar-refractivity contribution in [2.24, 2.45) is 0 Å². The number of halogens is 1. The molecular formula is C15H12FN3O. The Labute approximate surface area is 115 Å². The fraction of sp³-hybridized carbons (Fsp3) is 0.0667. The van der Waals surface area contributed by atoms with Crippen LogP contribution < -0.4 is 5.73 Å². The molecule has 2 N–H and O–H groups in total. The molecule has 0 spiro atoms. The average molecular weight is 269 g/mol. The lowest BCUT2D eigenvalue weighted by Crippen LogP contribution is -1.90. The maximum atomic E-state index is 13.5. The monoisotopic (exact) mass is 269 g/mol. The second-order valence-electron chi connectivity index (χ2n) is 4.47. The Bertz CT molecular complexity index is 753. The highest BCUT2D eigenvalue weighted by Crippen LogP contribution is 2.37. The minimum absolute atomic E-state index is 0.261. The lowest BCUT2D eigenvalue weighted by molar-refractivity contribution is 0.435. The second-order valence-corrected chi connectivity index (χ2v) is 4.47. The van der Waals surface area contributed by atoms with Crippen LogP contribution in [0.5, 0.6) is 0 Å². The van der Waals surface area contributed by atoms with Crippen LogP contribution in [-0.2, 0) is 0 Å². The summed E-state index contributed by atoms with van der Waals surface area (Å²) < 4.78 is 18.8. The van der Waals surface area contributed by atoms with Gasteiger partial charge in [-0.25, -0.2) is 4.39 Å². The van der Waals surface area contributed by atoms with Gasteiger partial charge in [0, 0.05) is 23.5 Å². The third kappa shape index (κ3) is 2.03. The quantitative estimate of drug-likeness (QED) is 0.774. The third-order valence-corrected chi connectivity index (χ3v) is 3.11. The van der Waals surface area contributed by atoms with Crippen LogP contribution in [0.25, 0.3) is 22.5 Å². The predicted octanol–water partition coefficient (Wildman–Crippen LogP) is 3.43. The molecule has 3 aromatic rings. The van der Waals surface area contributed by atoms with Gasteiger partial charge in [-0.15, -0.1) is 0 Å². The number of aromatic nitrogens is 2. The molecule has 0 bridgehead atoms. The minimum atomic E-state index is -0.335. The first-order valence-electron chi connectivity index (χ1n) is 6.09. The predicted molar refractivity (Wildman–Crippen MR) is 74.3 cm³/mol. The van der Waals surface area contributed by atoms with Crippen molar-refractivity contribution in [1.82, 2.24) is 10.1 Å². The van der Waals surface area contributed by atoms with Crippen molar-refractivity contribution >= 4 is 5.82 Å². The van der Waals surface area contributed by atoms with E-state index >= 15 is 0 Å². The molecule has 3 rings (SSSR count). The molecular weight excluding hydrogens is 257 g/mol. The van der Waals surface area contributed by atoms with Crippen molar-refractivity contribution in [3.8, 4) is 22.5 Å². The van der Waals surface area contributed by atoms with Crippen molar-refractivity contribution < 1.29 is 8.91 Å². The van der Waals surface area contributed by atoms with E-state index < -0.39 is 0 Å². The van der Waals surface area contributed by atoms with Gasteiger partial charge in [0.1, 0.15) is 5.82 Å². The van der Waals surface area contributed by atoms with Gasteiger partial charge in [-0.05, 0) is 30.7 Å². The van der Waals surface area contributed by atoms with Crippen LogP contribution in [0.3, 0.4) is 0 Å². The Kier molecular flexibility index (Phi) is 2.95. The van der Waals surface area contributed by atoms with Gasteiger partial charge in [-0.1, -0.05) is 17.3 Å². The van der Waals surface area contributed by atoms with Gasteiger partial charge in [0.2, 0.25) is 0 Å². The van der Waals surface area contributed by atoms with Gasteiger partial charge in [0.25, 0.3) is 0 Å². The smallest absolute Gasteiger partial charge is 0.177 e. The number of rotatable bonds is 2. The first-order valence-corrected chi connectivity index (χ1v) is 6.09. The lowest BCUT2D eigenvalue weighted by Gasteiger charge is -2.05. The number of pyridine rings is 1. The molecule has 0 saturated carbocycles. The molecule has 0 fully saturated rings. The summed E-state index contributed by atoms with van der Waals surface area (Å²) >= 11 is 0. The molecule has 5 heteroatoms. The van der Waals surface area contributed by atoms with Crippen LogP contribution >= 0.6 is 0 Å². The van der Waals surface area contributed by atoms with Gasteiger partial charge < -0.3 is 10.3 Å². The molecule has 0 amide bonds. The highest BCUT2D eigenvalue weighted by Gasteiger charge is 2.19. The molecule has 0 aliphatic rings. The number of nitrogen functional groups attached to an aromatic ring is 1. The molecule has 2 heterocycles. The average Bonchev–Trinajstić information content (AvgIpc) is 2.84. The Morgan fingerprint density at radius 2 is 2.10 bits per heavy atom. The van der Waals surface area contributed by atoms with Crippen LogP contribution in [0.2, 0.25) is 0 Å². The van der Waals surface area contributed by atoms with Crippen LogP contribution in [0.15, 0.2) is 47.2 Å². The largest absolute Gasteiger partial charge is 0.380 e. The number of hydrogen-bond acceptors (Lipinski definition) is 4. The molecule has 0 atom stereocenters. The Morgan fingerprint density at radius 1 is 1.25 bits per heavy atom. The highest BCUT2D eigenvalue weighted by molar-refractivity contribution is 5.87. The standard InChI is InChI=1S/C15H12FN3O/c1-9-4-5-11(16)7-12(9)14-13(15(17)19-20-14)10-3-2-6-18-8-10/h2-8H,1H3,(H2,17,19). The highest BCUT2D eigenvalue weighted by atomic mass is 19.1. The summed E-state index contributed by atoms with van der Waals surface area (Å²) in [4.78, 5) is 4.06. The molecule has 100 valence electrons. The van der Waals surface area contributed by atoms with E-state index in [1.54, 1.807) is 24.5 Å². The number of nitrogens with two attached hydrogens (primary N) is 1. The summed E-state index contributed by atoms with van der Waals surface area (Å²) in [7, 11) is 0. The number of hydrogen-bond donors (Lipinski definition) is 1. The maximum absolute atomic E-state index is 13.5. The fourth-order valence-electron chi connectivity index (χ4n) is 2.11. The fourth-order valence-corrected chi connectivity index (χ4v) is 2.11. The van der Waals surface area contributed by atoms with Gasteiger partial charge in [-0.2, -0.15) is 0 Å². The molecule has 1 aromatic carbocycles. The van der Waals surface area contributed by atoms with Crippen LogP contribution in [0.1, 0.15) is 5.56 Å². The van der Waals surface area contributed by atoms with Crippen LogP contribution in [0, 0.1) is 12.7 Å². The van der Waals surface area contributed by atoms with E-state index in [-0.39, 0.29) is 11.6 Å². The van der Waals surface area contributed by atoms with E-state index in [1.165, 1.54) is 12.1 Å². The van der Waals surface area contributed by atoms with E-state index in [0.717, 1.165) is 11.1 Å². The summed E-state index contributed by atoms with van der Waals surface area (Å²) in [6.07, 6.45) is 3.33. The van der Waals surface area contributed by atoms with Crippen LogP contribution in [0.4, 0.5) is 10.2 Å². The molecule has 0 radical (unpaired) electrons. The summed E-state index contributed by atoms with van der Waals surface area (Å²) in [6, 6.07) is 8.16. The first kappa shape index (κ1) is 12.3. The number of benzene rings is 1. The van der Waals surface area contributed by atoms with E-state index in [0.29, 0.717) is 16.9 Å². The molecule has 4 nitrogen and oxygen atoms in total. The Balaban J connectivity index is 2.24. The number of aryl methyl sites for hydroxylation is 1. The molecule has 2 aromatic heterocycles. The first-order chi connectivity index (χ1) is 9.66. The third-order valence-electron chi connectivity index (χ3n) is 3.11. The van der Waals surface area contributed by atoms with E-state index in [9.17, 15) is 4.39 Å². The summed E-state index contributed by atoms with van der Waals surface area (Å²) in [5.74, 6) is 0.377. The summed E-state index contributed by atoms with van der Waals surface area (Å²) in [5.41, 5.74) is 8.80. The lowest BCUT2D eigenvalue weighted by atomic mass is 9.99. The number of anilines is 1. The van der Waals surface area contributed by atoms with Gasteiger partial charge in [-0.3, -0.25) is 4.98 Å². The SMILES string of the molecule is Cc1ccc(F)cc1-c1onc(N)c1-c1cccnc1. The van der Waals surface area contributed by atoms with Crippen LogP contribution in [-0.4, -0.2) is 10.1 Å². The van der Waals surface area contributed by atoms with Crippen molar-refractivity contribution in [2.45, 2.75) is 6.92 Å². The molecule has 0 saturated heterocycles. The zero-order chi connectivity index (χ0) is 14.1. The summed E-state index contributed by atoms with van der Waals surface area (Å²) in [6.45, 7) is 1.88. The van der Waals surface area contributed by atoms with E-state index in [1.807, 2.05) is 13.0 Å². The van der Waals surface area contributed by atoms with Gasteiger partial charge in [0.05, 0.1) is 5.56 Å². The van der Waals surface area contributed by atoms with Crippen molar-refractivity contribution in [3.63, 3.8) is 0 Å².